The van der Waals surface area contributed by atoms with Gasteiger partial charge in [0.15, 0.2) is 0 Å². The van der Waals surface area contributed by atoms with Crippen molar-refractivity contribution in [2.75, 3.05) is 18.4 Å². The predicted octanol–water partition coefficient (Wildman–Crippen LogP) is 3.83. The Labute approximate surface area is 133 Å². The lowest BCUT2D eigenvalue weighted by Crippen LogP contribution is -2.34. The Balaban J connectivity index is 2.05. The van der Waals surface area contributed by atoms with Gasteiger partial charge in [-0.15, -0.1) is 0 Å². The van der Waals surface area contributed by atoms with Crippen molar-refractivity contribution in [2.24, 2.45) is 5.92 Å². The molecule has 0 amide bonds. The molecule has 0 atom stereocenters. The van der Waals surface area contributed by atoms with E-state index in [1.165, 1.54) is 41.8 Å². The quantitative estimate of drug-likeness (QED) is 0.710. The standard InChI is InChI=1S/C14H23Br2N3/c1-3-12-14(16)13(19(4-2)17-12)10-18-7-5-11(9-15)6-8-18/h11H,3-10H2,1-2H3. The van der Waals surface area contributed by atoms with Gasteiger partial charge in [0.25, 0.3) is 0 Å². The smallest absolute Gasteiger partial charge is 0.0767 e. The maximum Gasteiger partial charge on any atom is 0.0767 e. The van der Waals surface area contributed by atoms with Crippen LogP contribution < -0.4 is 0 Å². The summed E-state index contributed by atoms with van der Waals surface area (Å²) in [5.41, 5.74) is 2.53. The Morgan fingerprint density at radius 2 is 1.95 bits per heavy atom. The van der Waals surface area contributed by atoms with E-state index < -0.39 is 0 Å². The van der Waals surface area contributed by atoms with E-state index in [1.807, 2.05) is 0 Å². The van der Waals surface area contributed by atoms with Crippen molar-refractivity contribution in [1.82, 2.24) is 14.7 Å². The predicted molar refractivity (Wildman–Crippen MR) is 86.8 cm³/mol. The molecule has 19 heavy (non-hydrogen) atoms. The van der Waals surface area contributed by atoms with E-state index in [1.54, 1.807) is 0 Å². The second kappa shape index (κ2) is 7.23. The van der Waals surface area contributed by atoms with Gasteiger partial charge in [-0.1, -0.05) is 22.9 Å². The average molecular weight is 393 g/mol. The molecule has 0 aromatic carbocycles. The van der Waals surface area contributed by atoms with Crippen LogP contribution in [0.4, 0.5) is 0 Å². The van der Waals surface area contributed by atoms with E-state index in [0.717, 1.165) is 30.8 Å². The summed E-state index contributed by atoms with van der Waals surface area (Å²) in [5.74, 6) is 0.863. The van der Waals surface area contributed by atoms with E-state index in [-0.39, 0.29) is 0 Å². The molecule has 3 nitrogen and oxygen atoms in total. The lowest BCUT2D eigenvalue weighted by Gasteiger charge is -2.31. The molecule has 0 radical (unpaired) electrons. The van der Waals surface area contributed by atoms with Crippen LogP contribution in [-0.4, -0.2) is 33.1 Å². The van der Waals surface area contributed by atoms with Gasteiger partial charge in [0.05, 0.1) is 15.9 Å². The molecule has 0 saturated carbocycles. The molecule has 2 heterocycles. The van der Waals surface area contributed by atoms with Crippen molar-refractivity contribution < 1.29 is 0 Å². The van der Waals surface area contributed by atoms with Gasteiger partial charge >= 0.3 is 0 Å². The Morgan fingerprint density at radius 1 is 1.26 bits per heavy atom. The fourth-order valence-corrected chi connectivity index (χ4v) is 4.02. The number of halogens is 2. The van der Waals surface area contributed by atoms with Crippen LogP contribution in [0.25, 0.3) is 0 Å². The zero-order valence-corrected chi connectivity index (χ0v) is 15.0. The summed E-state index contributed by atoms with van der Waals surface area (Å²) in [6.07, 6.45) is 3.61. The molecule has 1 saturated heterocycles. The lowest BCUT2D eigenvalue weighted by atomic mass is 9.99. The minimum absolute atomic E-state index is 0.863. The fraction of sp³-hybridized carbons (Fsp3) is 0.786. The first kappa shape index (κ1) is 15.5. The van der Waals surface area contributed by atoms with Crippen molar-refractivity contribution in [3.8, 4) is 0 Å². The van der Waals surface area contributed by atoms with Crippen LogP contribution in [0.2, 0.25) is 0 Å². The monoisotopic (exact) mass is 391 g/mol. The molecule has 2 rings (SSSR count). The van der Waals surface area contributed by atoms with E-state index in [4.69, 9.17) is 0 Å². The molecule has 0 unspecified atom stereocenters. The van der Waals surface area contributed by atoms with Crippen molar-refractivity contribution in [3.63, 3.8) is 0 Å². The van der Waals surface area contributed by atoms with Gasteiger partial charge in [-0.2, -0.15) is 5.10 Å². The number of likely N-dealkylation sites (tertiary alicyclic amines) is 1. The second-order valence-corrected chi connectivity index (χ2v) is 6.69. The van der Waals surface area contributed by atoms with Gasteiger partial charge < -0.3 is 0 Å². The first-order valence-electron chi connectivity index (χ1n) is 7.21. The number of hydrogen-bond donors (Lipinski definition) is 0. The summed E-state index contributed by atoms with van der Waals surface area (Å²) in [7, 11) is 0. The molecule has 1 aromatic heterocycles. The minimum Gasteiger partial charge on any atom is -0.297 e. The van der Waals surface area contributed by atoms with E-state index in [0.29, 0.717) is 0 Å². The maximum atomic E-state index is 4.68. The number of alkyl halides is 1. The number of aromatic nitrogens is 2. The highest BCUT2D eigenvalue weighted by atomic mass is 79.9. The SMILES string of the molecule is CCc1nn(CC)c(CN2CCC(CBr)CC2)c1Br. The highest BCUT2D eigenvalue weighted by molar-refractivity contribution is 9.10. The minimum atomic E-state index is 0.863. The third kappa shape index (κ3) is 3.61. The van der Waals surface area contributed by atoms with Gasteiger partial charge in [-0.05, 0) is 61.1 Å². The molecule has 0 aliphatic carbocycles. The fourth-order valence-electron chi connectivity index (χ4n) is 2.68. The van der Waals surface area contributed by atoms with Crippen LogP contribution >= 0.6 is 31.9 Å². The first-order chi connectivity index (χ1) is 9.19. The van der Waals surface area contributed by atoms with E-state index in [9.17, 15) is 0 Å². The lowest BCUT2D eigenvalue weighted by molar-refractivity contribution is 0.183. The third-order valence-corrected chi connectivity index (χ3v) is 5.82. The highest BCUT2D eigenvalue weighted by Crippen LogP contribution is 2.26. The van der Waals surface area contributed by atoms with Crippen molar-refractivity contribution in [1.29, 1.82) is 0 Å². The second-order valence-electron chi connectivity index (χ2n) is 5.25. The highest BCUT2D eigenvalue weighted by Gasteiger charge is 2.21. The molecule has 0 N–H and O–H groups in total. The van der Waals surface area contributed by atoms with Crippen LogP contribution in [0.5, 0.6) is 0 Å². The van der Waals surface area contributed by atoms with E-state index in [2.05, 4.69) is 60.4 Å². The van der Waals surface area contributed by atoms with Gasteiger partial charge in [0.1, 0.15) is 0 Å². The number of hydrogen-bond acceptors (Lipinski definition) is 2. The van der Waals surface area contributed by atoms with Gasteiger partial charge in [-0.25, -0.2) is 0 Å². The Hall–Kier alpha value is 0.130. The molecular weight excluding hydrogens is 370 g/mol. The zero-order valence-electron chi connectivity index (χ0n) is 11.8. The number of rotatable bonds is 5. The summed E-state index contributed by atoms with van der Waals surface area (Å²) in [5, 5.41) is 5.83. The Bertz CT molecular complexity index is 409. The topological polar surface area (TPSA) is 21.1 Å². The Morgan fingerprint density at radius 3 is 2.47 bits per heavy atom. The van der Waals surface area contributed by atoms with Crippen molar-refractivity contribution in [3.05, 3.63) is 15.9 Å². The first-order valence-corrected chi connectivity index (χ1v) is 9.13. The largest absolute Gasteiger partial charge is 0.297 e. The van der Waals surface area contributed by atoms with Crippen molar-refractivity contribution >= 4 is 31.9 Å². The summed E-state index contributed by atoms with van der Waals surface area (Å²) in [6.45, 7) is 8.72. The van der Waals surface area contributed by atoms with Gasteiger partial charge in [0, 0.05) is 18.4 Å². The molecule has 1 aromatic rings. The van der Waals surface area contributed by atoms with Crippen LogP contribution in [-0.2, 0) is 19.5 Å². The molecule has 0 spiro atoms. The normalized spacial score (nSPS) is 18.1. The molecule has 0 bridgehead atoms. The summed E-state index contributed by atoms with van der Waals surface area (Å²) >= 11 is 7.34. The third-order valence-electron chi connectivity index (χ3n) is 3.99. The Kier molecular flexibility index (Phi) is 5.90. The summed E-state index contributed by atoms with van der Waals surface area (Å²) < 4.78 is 3.37. The summed E-state index contributed by atoms with van der Waals surface area (Å²) in [4.78, 5) is 2.56. The van der Waals surface area contributed by atoms with Crippen LogP contribution in [0.15, 0.2) is 4.47 Å². The van der Waals surface area contributed by atoms with Crippen LogP contribution in [0.1, 0.15) is 38.1 Å². The number of piperidine rings is 1. The number of aryl methyl sites for hydroxylation is 2. The van der Waals surface area contributed by atoms with Crippen LogP contribution in [0.3, 0.4) is 0 Å². The average Bonchev–Trinajstić information content (AvgIpc) is 2.76. The van der Waals surface area contributed by atoms with Gasteiger partial charge in [0.2, 0.25) is 0 Å². The maximum absolute atomic E-state index is 4.68. The summed E-state index contributed by atoms with van der Waals surface area (Å²) in [6, 6.07) is 0. The molecule has 108 valence electrons. The number of nitrogens with zero attached hydrogens (tertiary/aromatic N) is 3. The molecule has 1 aliphatic rings. The van der Waals surface area contributed by atoms with Crippen molar-refractivity contribution in [2.45, 2.75) is 46.2 Å². The molecule has 1 aliphatic heterocycles. The molecular formula is C14H23Br2N3. The van der Waals surface area contributed by atoms with E-state index >= 15 is 0 Å². The van der Waals surface area contributed by atoms with Gasteiger partial charge in [-0.3, -0.25) is 9.58 Å². The van der Waals surface area contributed by atoms with Crippen LogP contribution in [0, 0.1) is 5.92 Å². The molecule has 1 fully saturated rings. The molecule has 5 heteroatoms. The zero-order chi connectivity index (χ0) is 13.8.